The molecule has 2 aromatic carbocycles. The second kappa shape index (κ2) is 4.30. The van der Waals surface area contributed by atoms with Gasteiger partial charge in [0.2, 0.25) is 0 Å². The zero-order valence-corrected chi connectivity index (χ0v) is 11.2. The Bertz CT molecular complexity index is 719. The van der Waals surface area contributed by atoms with Crippen LogP contribution in [0.4, 0.5) is 0 Å². The van der Waals surface area contributed by atoms with Crippen LogP contribution >= 0.6 is 0 Å². The van der Waals surface area contributed by atoms with E-state index in [2.05, 4.69) is 28.2 Å². The van der Waals surface area contributed by atoms with Crippen LogP contribution in [0.1, 0.15) is 24.1 Å². The van der Waals surface area contributed by atoms with Gasteiger partial charge in [-0.05, 0) is 18.6 Å². The van der Waals surface area contributed by atoms with Crippen molar-refractivity contribution >= 4 is 11.5 Å². The summed E-state index contributed by atoms with van der Waals surface area (Å²) < 4.78 is 6.09. The standard InChI is InChI=1S/C17H14N2O/c1-11-18-15(12-7-3-2-4-8-12)17-16(19-11)13-9-5-6-10-14(13)20-17/h2-10,16-17H,1H3. The average Bonchev–Trinajstić information content (AvgIpc) is 2.86. The van der Waals surface area contributed by atoms with Gasteiger partial charge in [-0.3, -0.25) is 4.99 Å². The molecule has 0 radical (unpaired) electrons. The van der Waals surface area contributed by atoms with Gasteiger partial charge < -0.3 is 4.74 Å². The maximum atomic E-state index is 6.09. The molecule has 4 rings (SSSR count). The Morgan fingerprint density at radius 2 is 1.70 bits per heavy atom. The first-order chi connectivity index (χ1) is 9.83. The SMILES string of the molecule is CC1=NC2c3ccccc3OC2C(c2ccccc2)=N1. The Hall–Kier alpha value is -2.42. The van der Waals surface area contributed by atoms with E-state index in [-0.39, 0.29) is 12.1 Å². The van der Waals surface area contributed by atoms with Crippen molar-refractivity contribution in [3.05, 3.63) is 65.7 Å². The van der Waals surface area contributed by atoms with Gasteiger partial charge in [0, 0.05) is 5.56 Å². The van der Waals surface area contributed by atoms with Crippen LogP contribution < -0.4 is 4.74 Å². The van der Waals surface area contributed by atoms with Crippen LogP contribution in [0.5, 0.6) is 5.75 Å². The van der Waals surface area contributed by atoms with E-state index in [1.807, 2.05) is 43.3 Å². The monoisotopic (exact) mass is 262 g/mol. The number of hydrogen-bond acceptors (Lipinski definition) is 3. The summed E-state index contributed by atoms with van der Waals surface area (Å²) in [7, 11) is 0. The van der Waals surface area contributed by atoms with Gasteiger partial charge in [-0.25, -0.2) is 4.99 Å². The fourth-order valence-corrected chi connectivity index (χ4v) is 2.84. The lowest BCUT2D eigenvalue weighted by Crippen LogP contribution is -2.33. The lowest BCUT2D eigenvalue weighted by atomic mass is 9.95. The number of aliphatic imine (C=N–C) groups is 2. The molecule has 0 saturated heterocycles. The first kappa shape index (κ1) is 11.4. The zero-order valence-electron chi connectivity index (χ0n) is 11.2. The summed E-state index contributed by atoms with van der Waals surface area (Å²) in [5, 5.41) is 0. The molecule has 2 aliphatic rings. The minimum absolute atomic E-state index is 0.0268. The van der Waals surface area contributed by atoms with Crippen LogP contribution in [0.25, 0.3) is 0 Å². The highest BCUT2D eigenvalue weighted by Crippen LogP contribution is 2.41. The number of para-hydroxylation sites is 1. The van der Waals surface area contributed by atoms with Gasteiger partial charge >= 0.3 is 0 Å². The van der Waals surface area contributed by atoms with Crippen molar-refractivity contribution in [3.8, 4) is 5.75 Å². The topological polar surface area (TPSA) is 34.0 Å². The van der Waals surface area contributed by atoms with Gasteiger partial charge in [0.1, 0.15) is 17.6 Å². The Morgan fingerprint density at radius 3 is 2.55 bits per heavy atom. The first-order valence-corrected chi connectivity index (χ1v) is 6.77. The molecule has 0 aromatic heterocycles. The number of nitrogens with zero attached hydrogens (tertiary/aromatic N) is 2. The van der Waals surface area contributed by atoms with Crippen molar-refractivity contribution < 1.29 is 4.74 Å². The summed E-state index contributed by atoms with van der Waals surface area (Å²) in [6.45, 7) is 1.94. The molecule has 3 heteroatoms. The average molecular weight is 262 g/mol. The smallest absolute Gasteiger partial charge is 0.168 e. The van der Waals surface area contributed by atoms with Crippen molar-refractivity contribution in [1.29, 1.82) is 0 Å². The number of ether oxygens (including phenoxy) is 1. The van der Waals surface area contributed by atoms with Gasteiger partial charge in [-0.1, -0.05) is 48.5 Å². The molecular weight excluding hydrogens is 248 g/mol. The fraction of sp³-hybridized carbons (Fsp3) is 0.176. The molecule has 2 atom stereocenters. The molecule has 0 fully saturated rings. The largest absolute Gasteiger partial charge is 0.481 e. The third-order valence-electron chi connectivity index (χ3n) is 3.73. The summed E-state index contributed by atoms with van der Waals surface area (Å²) >= 11 is 0. The highest BCUT2D eigenvalue weighted by molar-refractivity contribution is 6.12. The second-order valence-corrected chi connectivity index (χ2v) is 5.06. The third kappa shape index (κ3) is 1.67. The maximum absolute atomic E-state index is 6.09. The predicted octanol–water partition coefficient (Wildman–Crippen LogP) is 3.41. The van der Waals surface area contributed by atoms with Gasteiger partial charge in [0.25, 0.3) is 0 Å². The highest BCUT2D eigenvalue weighted by Gasteiger charge is 2.40. The Balaban J connectivity index is 1.83. The number of rotatable bonds is 1. The number of hydrogen-bond donors (Lipinski definition) is 0. The molecular formula is C17H14N2O. The molecule has 2 aromatic rings. The zero-order chi connectivity index (χ0) is 13.5. The van der Waals surface area contributed by atoms with Crippen LogP contribution in [0.15, 0.2) is 64.6 Å². The lowest BCUT2D eigenvalue weighted by molar-refractivity contribution is 0.275. The summed E-state index contributed by atoms with van der Waals surface area (Å²) in [5.74, 6) is 1.73. The third-order valence-corrected chi connectivity index (χ3v) is 3.73. The van der Waals surface area contributed by atoms with Crippen molar-refractivity contribution in [3.63, 3.8) is 0 Å². The van der Waals surface area contributed by atoms with E-state index in [0.29, 0.717) is 0 Å². The molecule has 20 heavy (non-hydrogen) atoms. The highest BCUT2D eigenvalue weighted by atomic mass is 16.5. The molecule has 2 aliphatic heterocycles. The molecule has 98 valence electrons. The summed E-state index contributed by atoms with van der Waals surface area (Å²) in [6.07, 6.45) is -0.113. The van der Waals surface area contributed by atoms with Gasteiger partial charge in [0.15, 0.2) is 6.10 Å². The van der Waals surface area contributed by atoms with E-state index in [0.717, 1.165) is 28.4 Å². The van der Waals surface area contributed by atoms with Crippen LogP contribution in [-0.2, 0) is 0 Å². The van der Waals surface area contributed by atoms with E-state index < -0.39 is 0 Å². The number of benzene rings is 2. The fourth-order valence-electron chi connectivity index (χ4n) is 2.84. The molecule has 0 aliphatic carbocycles. The van der Waals surface area contributed by atoms with Crippen LogP contribution in [0, 0.1) is 0 Å². The number of amidine groups is 1. The predicted molar refractivity (Wildman–Crippen MR) is 79.7 cm³/mol. The molecule has 3 nitrogen and oxygen atoms in total. The van der Waals surface area contributed by atoms with Crippen LogP contribution in [-0.4, -0.2) is 17.7 Å². The van der Waals surface area contributed by atoms with Crippen molar-refractivity contribution in [2.24, 2.45) is 9.98 Å². The van der Waals surface area contributed by atoms with Gasteiger partial charge in [-0.2, -0.15) is 0 Å². The summed E-state index contributed by atoms with van der Waals surface area (Å²) in [4.78, 5) is 9.29. The second-order valence-electron chi connectivity index (χ2n) is 5.06. The molecule has 0 spiro atoms. The van der Waals surface area contributed by atoms with Gasteiger partial charge in [-0.15, -0.1) is 0 Å². The minimum atomic E-state index is -0.113. The van der Waals surface area contributed by atoms with Crippen LogP contribution in [0.3, 0.4) is 0 Å². The molecule has 0 saturated carbocycles. The van der Waals surface area contributed by atoms with E-state index in [1.54, 1.807) is 0 Å². The Labute approximate surface area is 117 Å². The van der Waals surface area contributed by atoms with Gasteiger partial charge in [0.05, 0.1) is 5.71 Å². The molecule has 2 unspecified atom stereocenters. The summed E-state index contributed by atoms with van der Waals surface area (Å²) in [5.41, 5.74) is 3.23. The van der Waals surface area contributed by atoms with E-state index in [9.17, 15) is 0 Å². The Morgan fingerprint density at radius 1 is 0.950 bits per heavy atom. The first-order valence-electron chi connectivity index (χ1n) is 6.77. The van der Waals surface area contributed by atoms with Crippen molar-refractivity contribution in [2.45, 2.75) is 19.1 Å². The molecule has 0 amide bonds. The van der Waals surface area contributed by atoms with E-state index in [1.165, 1.54) is 0 Å². The molecule has 0 bridgehead atoms. The maximum Gasteiger partial charge on any atom is 0.168 e. The normalized spacial score (nSPS) is 23.2. The van der Waals surface area contributed by atoms with Crippen molar-refractivity contribution in [2.75, 3.05) is 0 Å². The lowest BCUT2D eigenvalue weighted by Gasteiger charge is -2.22. The molecule has 2 heterocycles. The van der Waals surface area contributed by atoms with E-state index >= 15 is 0 Å². The number of fused-ring (bicyclic) bond motifs is 3. The Kier molecular flexibility index (Phi) is 2.46. The summed E-state index contributed by atoms with van der Waals surface area (Å²) in [6, 6.07) is 18.3. The van der Waals surface area contributed by atoms with Crippen molar-refractivity contribution in [1.82, 2.24) is 0 Å². The van der Waals surface area contributed by atoms with Crippen LogP contribution in [0.2, 0.25) is 0 Å². The molecule has 0 N–H and O–H groups in total. The van der Waals surface area contributed by atoms with E-state index in [4.69, 9.17) is 4.74 Å². The quantitative estimate of drug-likeness (QED) is 0.775. The minimum Gasteiger partial charge on any atom is -0.481 e.